The third kappa shape index (κ3) is 2.48. The van der Waals surface area contributed by atoms with Gasteiger partial charge in [-0.15, -0.1) is 0 Å². The van der Waals surface area contributed by atoms with Crippen LogP contribution in [0.5, 0.6) is 0 Å². The number of halogens is 5. The number of hydrogen-bond acceptors (Lipinski definition) is 0. The van der Waals surface area contributed by atoms with Crippen molar-refractivity contribution in [3.05, 3.63) is 58.9 Å². The van der Waals surface area contributed by atoms with Crippen LogP contribution in [0.25, 0.3) is 11.1 Å². The van der Waals surface area contributed by atoms with Crippen molar-refractivity contribution in [3.63, 3.8) is 0 Å². The topological polar surface area (TPSA) is 0 Å². The summed E-state index contributed by atoms with van der Waals surface area (Å²) in [6, 6.07) is 9.56. The zero-order valence-corrected chi connectivity index (χ0v) is 9.61. The Kier molecular flexibility index (Phi) is 3.30. The highest BCUT2D eigenvalue weighted by molar-refractivity contribution is 6.31. The molecule has 93 valence electrons. The largest absolute Gasteiger partial charge is 0.417 e. The molecule has 2 rings (SSSR count). The normalized spacial score (nSPS) is 11.6. The Morgan fingerprint density at radius 2 is 1.83 bits per heavy atom. The van der Waals surface area contributed by atoms with Crippen LogP contribution >= 0.6 is 11.6 Å². The lowest BCUT2D eigenvalue weighted by Gasteiger charge is -2.09. The summed E-state index contributed by atoms with van der Waals surface area (Å²) >= 11 is 5.59. The van der Waals surface area contributed by atoms with E-state index in [1.165, 1.54) is 24.3 Å². The molecule has 0 aliphatic heterocycles. The van der Waals surface area contributed by atoms with E-state index >= 15 is 0 Å². The van der Waals surface area contributed by atoms with Gasteiger partial charge in [-0.25, -0.2) is 4.39 Å². The molecule has 2 aromatic carbocycles. The van der Waals surface area contributed by atoms with E-state index in [9.17, 15) is 17.6 Å². The van der Waals surface area contributed by atoms with Crippen molar-refractivity contribution in [1.82, 2.24) is 0 Å². The number of alkyl halides is 3. The summed E-state index contributed by atoms with van der Waals surface area (Å²) in [7, 11) is 0. The number of hydrogen-bond donors (Lipinski definition) is 0. The smallest absolute Gasteiger partial charge is 0.205 e. The summed E-state index contributed by atoms with van der Waals surface area (Å²) < 4.78 is 51.2. The molecule has 0 heterocycles. The Morgan fingerprint density at radius 1 is 1.11 bits per heavy atom. The lowest BCUT2D eigenvalue weighted by Crippen LogP contribution is -2.05. The Bertz CT molecular complexity index is 575. The molecule has 0 saturated heterocycles. The van der Waals surface area contributed by atoms with Crippen molar-refractivity contribution in [3.8, 4) is 11.1 Å². The van der Waals surface area contributed by atoms with Crippen molar-refractivity contribution in [2.75, 3.05) is 0 Å². The Labute approximate surface area is 106 Å². The minimum Gasteiger partial charge on any atom is -0.205 e. The maximum absolute atomic E-state index is 13.7. The third-order valence-corrected chi connectivity index (χ3v) is 2.66. The molecule has 18 heavy (non-hydrogen) atoms. The van der Waals surface area contributed by atoms with Crippen LogP contribution in [-0.4, -0.2) is 0 Å². The van der Waals surface area contributed by atoms with Gasteiger partial charge >= 0.3 is 6.18 Å². The molecule has 5 heteroatoms. The zero-order valence-electron chi connectivity index (χ0n) is 8.85. The fraction of sp³-hybridized carbons (Fsp3) is 0.0769. The quantitative estimate of drug-likeness (QED) is 0.644. The van der Waals surface area contributed by atoms with Crippen LogP contribution in [0.4, 0.5) is 17.6 Å². The van der Waals surface area contributed by atoms with Crippen LogP contribution in [0, 0.1) is 11.9 Å². The van der Waals surface area contributed by atoms with Gasteiger partial charge in [0.05, 0.1) is 10.6 Å². The third-order valence-electron chi connectivity index (χ3n) is 2.37. The monoisotopic (exact) mass is 273 g/mol. The second-order valence-corrected chi connectivity index (χ2v) is 4.00. The molecule has 0 nitrogen and oxygen atoms in total. The predicted octanol–water partition coefficient (Wildman–Crippen LogP) is 4.97. The van der Waals surface area contributed by atoms with Crippen molar-refractivity contribution in [2.24, 2.45) is 0 Å². The van der Waals surface area contributed by atoms with Gasteiger partial charge in [-0.3, -0.25) is 0 Å². The minimum atomic E-state index is -4.51. The van der Waals surface area contributed by atoms with E-state index in [0.717, 1.165) is 12.1 Å². The number of rotatable bonds is 1. The van der Waals surface area contributed by atoms with E-state index in [2.05, 4.69) is 6.07 Å². The summed E-state index contributed by atoms with van der Waals surface area (Å²) in [6.07, 6.45) is -4.51. The lowest BCUT2D eigenvalue weighted by molar-refractivity contribution is -0.137. The average Bonchev–Trinajstić information content (AvgIpc) is 2.32. The van der Waals surface area contributed by atoms with E-state index in [1.807, 2.05) is 0 Å². The molecule has 0 aromatic heterocycles. The number of benzene rings is 2. The first-order valence-corrected chi connectivity index (χ1v) is 5.30. The summed E-state index contributed by atoms with van der Waals surface area (Å²) in [4.78, 5) is 0. The molecular weight excluding hydrogens is 268 g/mol. The van der Waals surface area contributed by atoms with Crippen LogP contribution in [0.3, 0.4) is 0 Å². The van der Waals surface area contributed by atoms with E-state index in [1.54, 1.807) is 0 Å². The van der Waals surface area contributed by atoms with E-state index in [4.69, 9.17) is 11.6 Å². The lowest BCUT2D eigenvalue weighted by atomic mass is 10.0. The second kappa shape index (κ2) is 4.61. The molecule has 0 aliphatic carbocycles. The minimum absolute atomic E-state index is 0.0296. The summed E-state index contributed by atoms with van der Waals surface area (Å²) in [5, 5.41) is -0.131. The van der Waals surface area contributed by atoms with Gasteiger partial charge in [0.2, 0.25) is 0 Å². The fourth-order valence-corrected chi connectivity index (χ4v) is 1.70. The van der Waals surface area contributed by atoms with E-state index in [-0.39, 0.29) is 16.1 Å². The molecule has 0 N–H and O–H groups in total. The Balaban J connectivity index is 2.55. The van der Waals surface area contributed by atoms with Gasteiger partial charge in [-0.05, 0) is 23.8 Å². The van der Waals surface area contributed by atoms with Crippen molar-refractivity contribution < 1.29 is 17.6 Å². The van der Waals surface area contributed by atoms with Gasteiger partial charge in [-0.1, -0.05) is 35.9 Å². The van der Waals surface area contributed by atoms with Gasteiger partial charge in [0, 0.05) is 5.56 Å². The van der Waals surface area contributed by atoms with E-state index in [0.29, 0.717) is 0 Å². The molecule has 0 atom stereocenters. The molecule has 0 spiro atoms. The standard InChI is InChI=1S/C13H6ClF4/c14-11-6-2-5-10(12(11)15)8-3-1-4-9(7-8)13(16,17)18/h1-3,5-7H. The second-order valence-electron chi connectivity index (χ2n) is 3.59. The Morgan fingerprint density at radius 3 is 2.50 bits per heavy atom. The van der Waals surface area contributed by atoms with Gasteiger partial charge in [-0.2, -0.15) is 13.2 Å². The van der Waals surface area contributed by atoms with Crippen LogP contribution in [-0.2, 0) is 6.18 Å². The van der Waals surface area contributed by atoms with Crippen molar-refractivity contribution in [2.45, 2.75) is 6.18 Å². The zero-order chi connectivity index (χ0) is 13.3. The fourth-order valence-electron chi connectivity index (χ4n) is 1.52. The van der Waals surface area contributed by atoms with Gasteiger partial charge in [0.15, 0.2) is 0 Å². The first-order chi connectivity index (χ1) is 8.39. The molecule has 0 saturated carbocycles. The molecule has 1 radical (unpaired) electrons. The molecular formula is C13H6ClF4. The maximum Gasteiger partial charge on any atom is 0.417 e. The van der Waals surface area contributed by atoms with Crippen LogP contribution < -0.4 is 0 Å². The van der Waals surface area contributed by atoms with Crippen LogP contribution in [0.15, 0.2) is 36.4 Å². The first-order valence-electron chi connectivity index (χ1n) is 4.93. The van der Waals surface area contributed by atoms with Crippen molar-refractivity contribution in [1.29, 1.82) is 0 Å². The first kappa shape index (κ1) is 12.9. The van der Waals surface area contributed by atoms with Gasteiger partial charge in [0.1, 0.15) is 5.82 Å². The summed E-state index contributed by atoms with van der Waals surface area (Å²) in [6.45, 7) is 0. The SMILES string of the molecule is Fc1c(Cl)cccc1-c1cc[c]c(C(F)(F)F)c1. The highest BCUT2D eigenvalue weighted by Crippen LogP contribution is 2.33. The van der Waals surface area contributed by atoms with Crippen LogP contribution in [0.2, 0.25) is 5.02 Å². The van der Waals surface area contributed by atoms with Gasteiger partial charge < -0.3 is 0 Å². The summed E-state index contributed by atoms with van der Waals surface area (Å²) in [5.41, 5.74) is -0.803. The average molecular weight is 274 g/mol. The van der Waals surface area contributed by atoms with Crippen LogP contribution in [0.1, 0.15) is 5.56 Å². The molecule has 0 fully saturated rings. The Hall–Kier alpha value is -1.55. The van der Waals surface area contributed by atoms with Crippen molar-refractivity contribution >= 4 is 11.6 Å². The maximum atomic E-state index is 13.7. The highest BCUT2D eigenvalue weighted by atomic mass is 35.5. The summed E-state index contributed by atoms with van der Waals surface area (Å²) in [5.74, 6) is -0.738. The molecule has 0 bridgehead atoms. The van der Waals surface area contributed by atoms with E-state index < -0.39 is 17.6 Å². The molecule has 0 amide bonds. The molecule has 2 aromatic rings. The predicted molar refractivity (Wildman–Crippen MR) is 60.7 cm³/mol. The van der Waals surface area contributed by atoms with Gasteiger partial charge in [0.25, 0.3) is 0 Å². The molecule has 0 aliphatic rings. The highest BCUT2D eigenvalue weighted by Gasteiger charge is 2.30. The molecule has 0 unspecified atom stereocenters.